The summed E-state index contributed by atoms with van der Waals surface area (Å²) in [5, 5.41) is 0. The molecule has 3 nitrogen and oxygen atoms in total. The lowest BCUT2D eigenvalue weighted by Gasteiger charge is -2.24. The SMILES string of the molecule is CC(COC=O)OC(C)(C)C. The van der Waals surface area contributed by atoms with Crippen LogP contribution in [0.3, 0.4) is 0 Å². The van der Waals surface area contributed by atoms with Gasteiger partial charge in [0, 0.05) is 0 Å². The zero-order valence-electron chi connectivity index (χ0n) is 7.59. The van der Waals surface area contributed by atoms with Gasteiger partial charge in [-0.15, -0.1) is 0 Å². The predicted octanol–water partition coefficient (Wildman–Crippen LogP) is 1.36. The van der Waals surface area contributed by atoms with E-state index in [0.29, 0.717) is 13.1 Å². The number of ether oxygens (including phenoxy) is 2. The molecule has 0 saturated carbocycles. The second kappa shape index (κ2) is 4.34. The van der Waals surface area contributed by atoms with Crippen LogP contribution in [0.2, 0.25) is 0 Å². The number of hydrogen-bond donors (Lipinski definition) is 0. The van der Waals surface area contributed by atoms with Gasteiger partial charge < -0.3 is 9.47 Å². The smallest absolute Gasteiger partial charge is 0.293 e. The van der Waals surface area contributed by atoms with Crippen LogP contribution >= 0.6 is 0 Å². The number of hydrogen-bond acceptors (Lipinski definition) is 3. The minimum absolute atomic E-state index is 0.0415. The molecule has 0 bridgehead atoms. The number of rotatable bonds is 4. The van der Waals surface area contributed by atoms with Crippen molar-refractivity contribution in [2.75, 3.05) is 6.61 Å². The van der Waals surface area contributed by atoms with Crippen molar-refractivity contribution in [3.63, 3.8) is 0 Å². The average Bonchev–Trinajstić information content (AvgIpc) is 1.79. The van der Waals surface area contributed by atoms with Gasteiger partial charge in [-0.3, -0.25) is 4.79 Å². The fourth-order valence-electron chi connectivity index (χ4n) is 0.812. The molecule has 66 valence electrons. The topological polar surface area (TPSA) is 35.5 Å². The zero-order chi connectivity index (χ0) is 8.91. The number of carbonyl (C=O) groups excluding carboxylic acids is 1. The van der Waals surface area contributed by atoms with Gasteiger partial charge in [-0.25, -0.2) is 0 Å². The summed E-state index contributed by atoms with van der Waals surface area (Å²) in [6.45, 7) is 8.51. The van der Waals surface area contributed by atoms with E-state index in [0.717, 1.165) is 0 Å². The second-order valence-electron chi connectivity index (χ2n) is 3.47. The van der Waals surface area contributed by atoms with Crippen LogP contribution in [0.4, 0.5) is 0 Å². The van der Waals surface area contributed by atoms with Crippen molar-refractivity contribution in [2.45, 2.75) is 39.4 Å². The third-order valence-corrected chi connectivity index (χ3v) is 0.954. The highest BCUT2D eigenvalue weighted by molar-refractivity contribution is 5.36. The minimum Gasteiger partial charge on any atom is -0.465 e. The summed E-state index contributed by atoms with van der Waals surface area (Å²) < 4.78 is 9.99. The van der Waals surface area contributed by atoms with Crippen LogP contribution in [0.25, 0.3) is 0 Å². The highest BCUT2D eigenvalue weighted by atomic mass is 16.6. The van der Waals surface area contributed by atoms with Crippen LogP contribution in [0.5, 0.6) is 0 Å². The fraction of sp³-hybridized carbons (Fsp3) is 0.875. The molecule has 0 heterocycles. The molecule has 3 heteroatoms. The molecule has 11 heavy (non-hydrogen) atoms. The summed E-state index contributed by atoms with van der Waals surface area (Å²) in [7, 11) is 0. The Hall–Kier alpha value is -0.570. The van der Waals surface area contributed by atoms with Crippen LogP contribution in [0.1, 0.15) is 27.7 Å². The summed E-state index contributed by atoms with van der Waals surface area (Å²) in [6.07, 6.45) is -0.0415. The van der Waals surface area contributed by atoms with E-state index in [2.05, 4.69) is 4.74 Å². The van der Waals surface area contributed by atoms with Crippen LogP contribution in [-0.2, 0) is 14.3 Å². The van der Waals surface area contributed by atoms with Gasteiger partial charge in [-0.05, 0) is 27.7 Å². The Kier molecular flexibility index (Phi) is 4.11. The van der Waals surface area contributed by atoms with E-state index in [9.17, 15) is 4.79 Å². The molecule has 0 aliphatic heterocycles. The lowest BCUT2D eigenvalue weighted by atomic mass is 10.2. The summed E-state index contributed by atoms with van der Waals surface area (Å²) in [5.74, 6) is 0. The molecule has 0 rings (SSSR count). The summed E-state index contributed by atoms with van der Waals surface area (Å²) in [5.41, 5.74) is -0.175. The highest BCUT2D eigenvalue weighted by Crippen LogP contribution is 2.10. The maximum absolute atomic E-state index is 9.80. The first kappa shape index (κ1) is 10.4. The zero-order valence-corrected chi connectivity index (χ0v) is 7.59. The molecular weight excluding hydrogens is 144 g/mol. The molecule has 0 aromatic carbocycles. The van der Waals surface area contributed by atoms with Gasteiger partial charge in [0.15, 0.2) is 0 Å². The largest absolute Gasteiger partial charge is 0.465 e. The van der Waals surface area contributed by atoms with Crippen LogP contribution in [-0.4, -0.2) is 24.8 Å². The van der Waals surface area contributed by atoms with Crippen molar-refractivity contribution in [1.82, 2.24) is 0 Å². The Morgan fingerprint density at radius 1 is 1.45 bits per heavy atom. The van der Waals surface area contributed by atoms with Gasteiger partial charge in [0.2, 0.25) is 0 Å². The van der Waals surface area contributed by atoms with E-state index >= 15 is 0 Å². The van der Waals surface area contributed by atoms with Gasteiger partial charge in [0.25, 0.3) is 6.47 Å². The van der Waals surface area contributed by atoms with Gasteiger partial charge in [0.1, 0.15) is 6.61 Å². The molecule has 0 N–H and O–H groups in total. The van der Waals surface area contributed by atoms with Crippen molar-refractivity contribution >= 4 is 6.47 Å². The number of carbonyl (C=O) groups is 1. The first-order valence-corrected chi connectivity index (χ1v) is 3.69. The molecule has 1 atom stereocenters. The van der Waals surface area contributed by atoms with Gasteiger partial charge in [-0.1, -0.05) is 0 Å². The monoisotopic (exact) mass is 160 g/mol. The molecule has 0 fully saturated rings. The molecule has 0 aliphatic rings. The highest BCUT2D eigenvalue weighted by Gasteiger charge is 2.14. The lowest BCUT2D eigenvalue weighted by Crippen LogP contribution is -2.28. The molecule has 0 saturated heterocycles. The van der Waals surface area contributed by atoms with Crippen LogP contribution in [0.15, 0.2) is 0 Å². The third kappa shape index (κ3) is 7.33. The Bertz CT molecular complexity index is 115. The Morgan fingerprint density at radius 2 is 2.00 bits per heavy atom. The van der Waals surface area contributed by atoms with Crippen molar-refractivity contribution < 1.29 is 14.3 Å². The lowest BCUT2D eigenvalue weighted by molar-refractivity contribution is -0.137. The molecule has 0 amide bonds. The molecule has 0 spiro atoms. The van der Waals surface area contributed by atoms with Crippen LogP contribution in [0, 0.1) is 0 Å². The predicted molar refractivity (Wildman–Crippen MR) is 42.3 cm³/mol. The third-order valence-electron chi connectivity index (χ3n) is 0.954. The van der Waals surface area contributed by atoms with Crippen LogP contribution < -0.4 is 0 Å². The Morgan fingerprint density at radius 3 is 2.36 bits per heavy atom. The van der Waals surface area contributed by atoms with Crippen molar-refractivity contribution in [1.29, 1.82) is 0 Å². The molecular formula is C8H16O3. The van der Waals surface area contributed by atoms with E-state index in [-0.39, 0.29) is 11.7 Å². The average molecular weight is 160 g/mol. The van der Waals surface area contributed by atoms with E-state index in [1.807, 2.05) is 27.7 Å². The maximum atomic E-state index is 9.80. The summed E-state index contributed by atoms with van der Waals surface area (Å²) >= 11 is 0. The molecule has 0 radical (unpaired) electrons. The normalized spacial score (nSPS) is 14.2. The fourth-order valence-corrected chi connectivity index (χ4v) is 0.812. The van der Waals surface area contributed by atoms with Crippen molar-refractivity contribution in [2.24, 2.45) is 0 Å². The second-order valence-corrected chi connectivity index (χ2v) is 3.47. The molecule has 0 aromatic heterocycles. The van der Waals surface area contributed by atoms with Gasteiger partial charge in [0.05, 0.1) is 11.7 Å². The summed E-state index contributed by atoms with van der Waals surface area (Å²) in [6, 6.07) is 0. The van der Waals surface area contributed by atoms with E-state index in [4.69, 9.17) is 4.74 Å². The first-order chi connectivity index (χ1) is 4.95. The van der Waals surface area contributed by atoms with Crippen molar-refractivity contribution in [3.8, 4) is 0 Å². The molecule has 1 unspecified atom stereocenters. The van der Waals surface area contributed by atoms with Gasteiger partial charge in [-0.2, -0.15) is 0 Å². The Labute approximate surface area is 67.7 Å². The van der Waals surface area contributed by atoms with E-state index in [1.54, 1.807) is 0 Å². The standard InChI is InChI=1S/C8H16O3/c1-7(5-10-6-9)11-8(2,3)4/h6-7H,5H2,1-4H3. The molecule has 0 aromatic rings. The van der Waals surface area contributed by atoms with Crippen molar-refractivity contribution in [3.05, 3.63) is 0 Å². The van der Waals surface area contributed by atoms with Gasteiger partial charge >= 0.3 is 0 Å². The molecule has 0 aliphatic carbocycles. The first-order valence-electron chi connectivity index (χ1n) is 3.69. The Balaban J connectivity index is 3.51. The van der Waals surface area contributed by atoms with E-state index in [1.165, 1.54) is 0 Å². The quantitative estimate of drug-likeness (QED) is 0.582. The summed E-state index contributed by atoms with van der Waals surface area (Å²) in [4.78, 5) is 9.80. The maximum Gasteiger partial charge on any atom is 0.293 e. The minimum atomic E-state index is -0.175. The van der Waals surface area contributed by atoms with E-state index < -0.39 is 0 Å².